The van der Waals surface area contributed by atoms with Crippen LogP contribution < -0.4 is 24.6 Å². The van der Waals surface area contributed by atoms with E-state index in [0.29, 0.717) is 17.4 Å². The SMILES string of the molecule is CCNc1ccccc1N1CCN(c2nc(C3CC3)nc3cc(OC)c(OC)cc23)CC1. The molecule has 168 valence electrons. The predicted molar refractivity (Wildman–Crippen MR) is 130 cm³/mol. The number of piperazine rings is 1. The van der Waals surface area contributed by atoms with Crippen molar-refractivity contribution in [3.05, 3.63) is 42.2 Å². The third-order valence-electron chi connectivity index (χ3n) is 6.33. The summed E-state index contributed by atoms with van der Waals surface area (Å²) in [5, 5.41) is 4.51. The quantitative estimate of drug-likeness (QED) is 0.597. The molecule has 2 aliphatic rings. The summed E-state index contributed by atoms with van der Waals surface area (Å²) in [5.41, 5.74) is 3.39. The monoisotopic (exact) mass is 433 g/mol. The Morgan fingerprint density at radius 2 is 1.62 bits per heavy atom. The smallest absolute Gasteiger partial charge is 0.162 e. The first-order valence-electron chi connectivity index (χ1n) is 11.5. The molecular weight excluding hydrogens is 402 g/mol. The second-order valence-electron chi connectivity index (χ2n) is 8.43. The molecule has 7 heteroatoms. The van der Waals surface area contributed by atoms with Gasteiger partial charge in [0.25, 0.3) is 0 Å². The Kier molecular flexibility index (Phi) is 5.64. The van der Waals surface area contributed by atoms with Gasteiger partial charge in [-0.3, -0.25) is 0 Å². The van der Waals surface area contributed by atoms with E-state index < -0.39 is 0 Å². The van der Waals surface area contributed by atoms with Crippen LogP contribution in [0.1, 0.15) is 31.5 Å². The first kappa shape index (κ1) is 20.7. The van der Waals surface area contributed by atoms with Crippen LogP contribution >= 0.6 is 0 Å². The molecule has 0 spiro atoms. The van der Waals surface area contributed by atoms with Gasteiger partial charge in [0.15, 0.2) is 11.5 Å². The van der Waals surface area contributed by atoms with E-state index in [0.717, 1.165) is 55.3 Å². The van der Waals surface area contributed by atoms with Gasteiger partial charge in [-0.1, -0.05) is 12.1 Å². The van der Waals surface area contributed by atoms with E-state index in [2.05, 4.69) is 46.3 Å². The number of benzene rings is 2. The molecule has 0 radical (unpaired) electrons. The Morgan fingerprint density at radius 1 is 0.938 bits per heavy atom. The minimum absolute atomic E-state index is 0.486. The van der Waals surface area contributed by atoms with Crippen LogP contribution in [0, 0.1) is 0 Å². The van der Waals surface area contributed by atoms with Crippen LogP contribution in [0.5, 0.6) is 11.5 Å². The number of anilines is 3. The molecule has 1 N–H and O–H groups in total. The summed E-state index contributed by atoms with van der Waals surface area (Å²) in [6.45, 7) is 6.75. The number of hydrogen-bond acceptors (Lipinski definition) is 7. The summed E-state index contributed by atoms with van der Waals surface area (Å²) < 4.78 is 11.1. The summed E-state index contributed by atoms with van der Waals surface area (Å²) in [4.78, 5) is 14.8. The molecular formula is C25H31N5O2. The third-order valence-corrected chi connectivity index (χ3v) is 6.33. The van der Waals surface area contributed by atoms with E-state index in [1.165, 1.54) is 24.2 Å². The molecule has 2 fully saturated rings. The van der Waals surface area contributed by atoms with Crippen LogP contribution in [-0.4, -0.2) is 56.9 Å². The highest BCUT2D eigenvalue weighted by Crippen LogP contribution is 2.42. The van der Waals surface area contributed by atoms with Crippen LogP contribution in [0.2, 0.25) is 0 Å². The second-order valence-corrected chi connectivity index (χ2v) is 8.43. The third kappa shape index (κ3) is 3.87. The number of rotatable bonds is 7. The first-order valence-corrected chi connectivity index (χ1v) is 11.5. The molecule has 0 amide bonds. The Bertz CT molecular complexity index is 1110. The Labute approximate surface area is 189 Å². The summed E-state index contributed by atoms with van der Waals surface area (Å²) in [6, 6.07) is 12.6. The van der Waals surface area contributed by atoms with Crippen molar-refractivity contribution in [1.29, 1.82) is 0 Å². The van der Waals surface area contributed by atoms with Gasteiger partial charge in [-0.15, -0.1) is 0 Å². The Balaban J connectivity index is 1.46. The number of nitrogens with zero attached hydrogens (tertiary/aromatic N) is 4. The first-order chi connectivity index (χ1) is 15.7. The molecule has 7 nitrogen and oxygen atoms in total. The van der Waals surface area contributed by atoms with Crippen molar-refractivity contribution in [3.8, 4) is 11.5 Å². The van der Waals surface area contributed by atoms with Gasteiger partial charge < -0.3 is 24.6 Å². The maximum atomic E-state index is 5.57. The molecule has 1 aliphatic carbocycles. The van der Waals surface area contributed by atoms with Gasteiger partial charge in [0.2, 0.25) is 0 Å². The lowest BCUT2D eigenvalue weighted by Crippen LogP contribution is -2.47. The van der Waals surface area contributed by atoms with Gasteiger partial charge in [0.05, 0.1) is 31.1 Å². The van der Waals surface area contributed by atoms with E-state index in [-0.39, 0.29) is 0 Å². The molecule has 0 bridgehead atoms. The Hall–Kier alpha value is -3.22. The average molecular weight is 434 g/mol. The summed E-state index contributed by atoms with van der Waals surface area (Å²) in [6.07, 6.45) is 2.35. The fourth-order valence-electron chi connectivity index (χ4n) is 4.47. The van der Waals surface area contributed by atoms with Crippen molar-refractivity contribution < 1.29 is 9.47 Å². The van der Waals surface area contributed by atoms with E-state index in [4.69, 9.17) is 19.4 Å². The van der Waals surface area contributed by atoms with E-state index in [9.17, 15) is 0 Å². The lowest BCUT2D eigenvalue weighted by molar-refractivity contribution is 0.355. The molecule has 2 aromatic carbocycles. The largest absolute Gasteiger partial charge is 0.493 e. The zero-order valence-corrected chi connectivity index (χ0v) is 19.1. The maximum absolute atomic E-state index is 5.57. The van der Waals surface area contributed by atoms with Crippen molar-refractivity contribution in [1.82, 2.24) is 9.97 Å². The number of methoxy groups -OCH3 is 2. The highest BCUT2D eigenvalue weighted by Gasteiger charge is 2.30. The topological polar surface area (TPSA) is 62.8 Å². The van der Waals surface area contributed by atoms with Crippen molar-refractivity contribution in [3.63, 3.8) is 0 Å². The van der Waals surface area contributed by atoms with Crippen LogP contribution in [0.15, 0.2) is 36.4 Å². The van der Waals surface area contributed by atoms with Gasteiger partial charge in [-0.25, -0.2) is 9.97 Å². The van der Waals surface area contributed by atoms with Gasteiger partial charge in [-0.05, 0) is 38.0 Å². The molecule has 1 saturated heterocycles. The number of fused-ring (bicyclic) bond motifs is 1. The minimum atomic E-state index is 0.486. The number of nitrogens with one attached hydrogen (secondary N) is 1. The lowest BCUT2D eigenvalue weighted by atomic mass is 10.1. The van der Waals surface area contributed by atoms with Gasteiger partial charge in [0.1, 0.15) is 11.6 Å². The van der Waals surface area contributed by atoms with Crippen molar-refractivity contribution in [2.75, 3.05) is 62.1 Å². The number of hydrogen-bond donors (Lipinski definition) is 1. The minimum Gasteiger partial charge on any atom is -0.493 e. The van der Waals surface area contributed by atoms with Crippen LogP contribution in [0.4, 0.5) is 17.2 Å². The number of para-hydroxylation sites is 2. The van der Waals surface area contributed by atoms with Gasteiger partial charge >= 0.3 is 0 Å². The van der Waals surface area contributed by atoms with E-state index >= 15 is 0 Å². The summed E-state index contributed by atoms with van der Waals surface area (Å²) in [5.74, 6) is 3.87. The van der Waals surface area contributed by atoms with Gasteiger partial charge in [0, 0.05) is 50.1 Å². The molecule has 0 atom stereocenters. The van der Waals surface area contributed by atoms with Crippen LogP contribution in [0.25, 0.3) is 10.9 Å². The van der Waals surface area contributed by atoms with E-state index in [1.807, 2.05) is 12.1 Å². The normalized spacial score (nSPS) is 16.3. The predicted octanol–water partition coefficient (Wildman–Crippen LogP) is 4.28. The molecule has 2 heterocycles. The number of aromatic nitrogens is 2. The maximum Gasteiger partial charge on any atom is 0.162 e. The molecule has 1 aliphatic heterocycles. The lowest BCUT2D eigenvalue weighted by Gasteiger charge is -2.38. The van der Waals surface area contributed by atoms with Crippen molar-refractivity contribution >= 4 is 28.1 Å². The van der Waals surface area contributed by atoms with Crippen LogP contribution in [0.3, 0.4) is 0 Å². The zero-order valence-electron chi connectivity index (χ0n) is 19.1. The molecule has 3 aromatic rings. The molecule has 5 rings (SSSR count). The standard InChI is InChI=1S/C25H31N5O2/c1-4-26-19-7-5-6-8-21(19)29-11-13-30(14-12-29)25-18-15-22(31-2)23(32-3)16-20(18)27-24(28-25)17-9-10-17/h5-8,15-17,26H,4,9-14H2,1-3H3. The highest BCUT2D eigenvalue weighted by atomic mass is 16.5. The summed E-state index contributed by atoms with van der Waals surface area (Å²) in [7, 11) is 3.33. The second kappa shape index (κ2) is 8.73. The Morgan fingerprint density at radius 3 is 2.31 bits per heavy atom. The molecule has 1 aromatic heterocycles. The fraction of sp³-hybridized carbons (Fsp3) is 0.440. The molecule has 1 saturated carbocycles. The summed E-state index contributed by atoms with van der Waals surface area (Å²) >= 11 is 0. The van der Waals surface area contributed by atoms with Gasteiger partial charge in [-0.2, -0.15) is 0 Å². The fourth-order valence-corrected chi connectivity index (χ4v) is 4.47. The van der Waals surface area contributed by atoms with Crippen molar-refractivity contribution in [2.24, 2.45) is 0 Å². The zero-order chi connectivity index (χ0) is 22.1. The number of ether oxygens (including phenoxy) is 2. The van der Waals surface area contributed by atoms with Crippen molar-refractivity contribution in [2.45, 2.75) is 25.7 Å². The molecule has 0 unspecified atom stereocenters. The molecule has 32 heavy (non-hydrogen) atoms. The highest BCUT2D eigenvalue weighted by molar-refractivity contribution is 5.92. The van der Waals surface area contributed by atoms with E-state index in [1.54, 1.807) is 14.2 Å². The average Bonchev–Trinajstić information content (AvgIpc) is 3.69. The van der Waals surface area contributed by atoms with Crippen LogP contribution in [-0.2, 0) is 0 Å².